The molecular formula is C12H16LiN. The first-order chi connectivity index (χ1) is 6.79. The number of hydrogen-bond donors (Lipinski definition) is 0. The Hall–Kier alpha value is -0.383. The van der Waals surface area contributed by atoms with Crippen molar-refractivity contribution in [2.45, 2.75) is 26.2 Å². The van der Waals surface area contributed by atoms with Crippen LogP contribution in [0.1, 0.15) is 24.8 Å². The molecule has 1 nitrogen and oxygen atoms in total. The monoisotopic (exact) mass is 181 g/mol. The first kappa shape index (κ1) is 10.1. The summed E-state index contributed by atoms with van der Waals surface area (Å²) in [5, 5.41) is 0. The number of benzene rings is 1. The Kier molecular flexibility index (Phi) is 3.21. The van der Waals surface area contributed by atoms with E-state index in [4.69, 9.17) is 0 Å². The molecule has 1 aliphatic heterocycles. The SMILES string of the molecule is [Li][c]1cccc(N2CCCCC2)c1C. The Labute approximate surface area is 95.7 Å². The Bertz CT molecular complexity index is 316. The third-order valence-corrected chi connectivity index (χ3v) is 3.27. The van der Waals surface area contributed by atoms with Gasteiger partial charge in [0.2, 0.25) is 0 Å². The molecule has 0 spiro atoms. The molecule has 0 unspecified atom stereocenters. The summed E-state index contributed by atoms with van der Waals surface area (Å²) < 4.78 is 1.41. The zero-order chi connectivity index (χ0) is 9.97. The van der Waals surface area contributed by atoms with Gasteiger partial charge in [-0.1, -0.05) is 0 Å². The standard InChI is InChI=1S/C12H16N.Li/c1-11-7-3-4-8-12(11)13-9-5-2-6-10-13;/h3-4,8H,2,5-6,9-10H2,1H3;. The van der Waals surface area contributed by atoms with Crippen molar-refractivity contribution in [3.63, 3.8) is 0 Å². The van der Waals surface area contributed by atoms with Crippen molar-refractivity contribution in [1.82, 2.24) is 0 Å². The second kappa shape index (κ2) is 4.42. The minimum atomic E-state index is 1.24. The van der Waals surface area contributed by atoms with Crippen LogP contribution in [0.3, 0.4) is 0 Å². The van der Waals surface area contributed by atoms with Crippen molar-refractivity contribution in [3.8, 4) is 0 Å². The molecule has 2 heteroatoms. The van der Waals surface area contributed by atoms with Crippen LogP contribution < -0.4 is 9.14 Å². The molecule has 70 valence electrons. The van der Waals surface area contributed by atoms with Gasteiger partial charge in [0.15, 0.2) is 0 Å². The summed E-state index contributed by atoms with van der Waals surface area (Å²) in [6.07, 6.45) is 4.11. The first-order valence-corrected chi connectivity index (χ1v) is 5.60. The van der Waals surface area contributed by atoms with E-state index in [9.17, 15) is 0 Å². The molecule has 0 N–H and O–H groups in total. The van der Waals surface area contributed by atoms with E-state index in [1.807, 2.05) is 0 Å². The van der Waals surface area contributed by atoms with Crippen molar-refractivity contribution in [2.75, 3.05) is 18.0 Å². The molecule has 0 atom stereocenters. The molecule has 0 aliphatic carbocycles. The fourth-order valence-electron chi connectivity index (χ4n) is 2.21. The fraction of sp³-hybridized carbons (Fsp3) is 0.500. The van der Waals surface area contributed by atoms with Gasteiger partial charge in [-0.05, 0) is 0 Å². The van der Waals surface area contributed by atoms with Gasteiger partial charge in [-0.25, -0.2) is 0 Å². The molecule has 1 aromatic carbocycles. The number of piperidine rings is 1. The van der Waals surface area contributed by atoms with E-state index in [2.05, 4.69) is 47.7 Å². The fourth-order valence-corrected chi connectivity index (χ4v) is 2.21. The summed E-state index contributed by atoms with van der Waals surface area (Å²) >= 11 is 2.20. The molecule has 0 bridgehead atoms. The van der Waals surface area contributed by atoms with Gasteiger partial charge in [-0.3, -0.25) is 0 Å². The molecule has 1 aromatic rings. The van der Waals surface area contributed by atoms with Crippen LogP contribution in [0.5, 0.6) is 0 Å². The molecule has 14 heavy (non-hydrogen) atoms. The van der Waals surface area contributed by atoms with Crippen molar-refractivity contribution in [3.05, 3.63) is 23.8 Å². The molecule has 0 radical (unpaired) electrons. The van der Waals surface area contributed by atoms with E-state index in [0.717, 1.165) is 0 Å². The number of hydrogen-bond acceptors (Lipinski definition) is 1. The van der Waals surface area contributed by atoms with E-state index in [-0.39, 0.29) is 0 Å². The maximum atomic E-state index is 2.53. The maximum absolute atomic E-state index is 2.53. The van der Waals surface area contributed by atoms with E-state index < -0.39 is 0 Å². The average molecular weight is 181 g/mol. The summed E-state index contributed by atoms with van der Waals surface area (Å²) in [5.74, 6) is 0. The second-order valence-electron chi connectivity index (χ2n) is 4.27. The molecular weight excluding hydrogens is 165 g/mol. The normalized spacial score (nSPS) is 17.2. The third-order valence-electron chi connectivity index (χ3n) is 3.27. The van der Waals surface area contributed by atoms with Crippen LogP contribution in [0, 0.1) is 6.92 Å². The predicted octanol–water partition coefficient (Wildman–Crippen LogP) is 1.78. The van der Waals surface area contributed by atoms with E-state index >= 15 is 0 Å². The first-order valence-electron chi connectivity index (χ1n) is 5.60. The van der Waals surface area contributed by atoms with E-state index in [1.165, 1.54) is 47.8 Å². The number of rotatable bonds is 1. The van der Waals surface area contributed by atoms with Crippen LogP contribution >= 0.6 is 0 Å². The molecule has 0 amide bonds. The molecule has 2 rings (SSSR count). The Balaban J connectivity index is 2.26. The summed E-state index contributed by atoms with van der Waals surface area (Å²) in [6, 6.07) is 6.63. The van der Waals surface area contributed by atoms with Gasteiger partial charge in [-0.15, -0.1) is 0 Å². The number of anilines is 1. The average Bonchev–Trinajstić information content (AvgIpc) is 2.23. The van der Waals surface area contributed by atoms with Gasteiger partial charge in [0.1, 0.15) is 0 Å². The molecule has 1 saturated heterocycles. The molecule has 0 aromatic heterocycles. The molecule has 1 fully saturated rings. The Morgan fingerprint density at radius 2 is 1.86 bits per heavy atom. The minimum absolute atomic E-state index is 1.24. The van der Waals surface area contributed by atoms with Gasteiger partial charge in [-0.2, -0.15) is 0 Å². The van der Waals surface area contributed by atoms with Crippen LogP contribution in [0.25, 0.3) is 0 Å². The second-order valence-corrected chi connectivity index (χ2v) is 4.27. The van der Waals surface area contributed by atoms with Gasteiger partial charge in [0, 0.05) is 0 Å². The van der Waals surface area contributed by atoms with Gasteiger partial charge in [0.25, 0.3) is 0 Å². The summed E-state index contributed by atoms with van der Waals surface area (Å²) in [5.41, 5.74) is 2.90. The van der Waals surface area contributed by atoms with Gasteiger partial charge >= 0.3 is 95.6 Å². The number of nitrogens with zero attached hydrogens (tertiary/aromatic N) is 1. The Morgan fingerprint density at radius 3 is 2.57 bits per heavy atom. The van der Waals surface area contributed by atoms with Crippen molar-refractivity contribution in [1.29, 1.82) is 0 Å². The summed E-state index contributed by atoms with van der Waals surface area (Å²) in [7, 11) is 0. The third kappa shape index (κ3) is 2.00. The van der Waals surface area contributed by atoms with Crippen LogP contribution in [-0.4, -0.2) is 30.8 Å². The predicted molar refractivity (Wildman–Crippen MR) is 62.6 cm³/mol. The van der Waals surface area contributed by atoms with Crippen molar-refractivity contribution >= 4 is 27.6 Å². The quantitative estimate of drug-likeness (QED) is 0.597. The van der Waals surface area contributed by atoms with Crippen molar-refractivity contribution in [2.24, 2.45) is 0 Å². The molecule has 0 saturated carbocycles. The summed E-state index contributed by atoms with van der Waals surface area (Å²) in [4.78, 5) is 2.53. The van der Waals surface area contributed by atoms with Crippen LogP contribution in [0.2, 0.25) is 0 Å². The van der Waals surface area contributed by atoms with Gasteiger partial charge < -0.3 is 0 Å². The topological polar surface area (TPSA) is 3.24 Å². The van der Waals surface area contributed by atoms with Crippen LogP contribution in [0.15, 0.2) is 18.2 Å². The van der Waals surface area contributed by atoms with Crippen molar-refractivity contribution < 1.29 is 0 Å². The van der Waals surface area contributed by atoms with Crippen LogP contribution in [-0.2, 0) is 0 Å². The molecule has 1 aliphatic rings. The zero-order valence-corrected chi connectivity index (χ0v) is 9.21. The van der Waals surface area contributed by atoms with E-state index in [1.54, 1.807) is 0 Å². The molecule has 1 heterocycles. The van der Waals surface area contributed by atoms with Crippen LogP contribution in [0.4, 0.5) is 5.69 Å². The zero-order valence-electron chi connectivity index (χ0n) is 9.21. The van der Waals surface area contributed by atoms with E-state index in [0.29, 0.717) is 0 Å². The van der Waals surface area contributed by atoms with Gasteiger partial charge in [0.05, 0.1) is 0 Å². The summed E-state index contributed by atoms with van der Waals surface area (Å²) in [6.45, 7) is 4.72. The Morgan fingerprint density at radius 1 is 1.14 bits per heavy atom.